The minimum Gasteiger partial charge on any atom is -0.383 e. The zero-order valence-corrected chi connectivity index (χ0v) is 18.8. The Morgan fingerprint density at radius 3 is 2.58 bits per heavy atom. The van der Waals surface area contributed by atoms with Crippen molar-refractivity contribution in [1.29, 1.82) is 0 Å². The maximum absolute atomic E-state index is 13.2. The van der Waals surface area contributed by atoms with Crippen LogP contribution in [-0.2, 0) is 11.2 Å². The lowest BCUT2D eigenvalue weighted by molar-refractivity contribution is -0.124. The summed E-state index contributed by atoms with van der Waals surface area (Å²) < 4.78 is 0. The molecule has 2 aromatic heterocycles. The number of aryl methyl sites for hydroxylation is 1. The van der Waals surface area contributed by atoms with Crippen molar-refractivity contribution in [3.05, 3.63) is 87.7 Å². The van der Waals surface area contributed by atoms with E-state index in [1.807, 2.05) is 43.3 Å². The Bertz CT molecular complexity index is 1320. The molecule has 2 atom stereocenters. The van der Waals surface area contributed by atoms with Crippen LogP contribution in [0.15, 0.2) is 66.9 Å². The summed E-state index contributed by atoms with van der Waals surface area (Å²) in [6.07, 6.45) is 0.851. The molecular weight excluding hydrogens is 436 g/mol. The first-order chi connectivity index (χ1) is 15.9. The molecule has 168 valence electrons. The van der Waals surface area contributed by atoms with Crippen molar-refractivity contribution in [2.24, 2.45) is 5.73 Å². The highest BCUT2D eigenvalue weighted by Gasteiger charge is 2.33. The highest BCUT2D eigenvalue weighted by molar-refractivity contribution is 7.14. The van der Waals surface area contributed by atoms with Gasteiger partial charge in [0.05, 0.1) is 4.88 Å². The molecule has 0 fully saturated rings. The van der Waals surface area contributed by atoms with Crippen molar-refractivity contribution in [1.82, 2.24) is 4.98 Å². The molecule has 0 spiro atoms. The molecule has 8 heteroatoms. The number of hydrogen-bond donors (Lipinski definition) is 4. The summed E-state index contributed by atoms with van der Waals surface area (Å²) in [5.41, 5.74) is 13.3. The average Bonchev–Trinajstić information content (AvgIpc) is 3.24. The van der Waals surface area contributed by atoms with Crippen LogP contribution >= 0.6 is 11.3 Å². The van der Waals surface area contributed by atoms with E-state index in [0.29, 0.717) is 33.9 Å². The molecule has 4 rings (SSSR count). The Balaban J connectivity index is 1.70. The van der Waals surface area contributed by atoms with Gasteiger partial charge in [0.2, 0.25) is 0 Å². The Labute approximate surface area is 195 Å². The van der Waals surface area contributed by atoms with Gasteiger partial charge in [-0.3, -0.25) is 9.59 Å². The number of rotatable bonds is 7. The second-order valence-corrected chi connectivity index (χ2v) is 8.81. The smallest absolute Gasteiger partial charge is 0.259 e. The van der Waals surface area contributed by atoms with Gasteiger partial charge in [0.1, 0.15) is 11.9 Å². The molecule has 2 aromatic carbocycles. The quantitative estimate of drug-likeness (QED) is 0.334. The number of nitrogens with two attached hydrogens (primary N) is 2. The van der Waals surface area contributed by atoms with E-state index in [2.05, 4.69) is 10.3 Å². The minimum absolute atomic E-state index is 0.348. The van der Waals surface area contributed by atoms with Crippen LogP contribution in [0.1, 0.15) is 38.5 Å². The van der Waals surface area contributed by atoms with Crippen LogP contribution in [0.3, 0.4) is 0 Å². The lowest BCUT2D eigenvalue weighted by Gasteiger charge is -2.23. The van der Waals surface area contributed by atoms with Gasteiger partial charge in [-0.25, -0.2) is 4.98 Å². The number of aromatic nitrogens is 1. The maximum Gasteiger partial charge on any atom is 0.259 e. The fourth-order valence-corrected chi connectivity index (χ4v) is 4.89. The highest BCUT2D eigenvalue weighted by Crippen LogP contribution is 2.36. The molecule has 0 saturated heterocycles. The van der Waals surface area contributed by atoms with Crippen molar-refractivity contribution in [2.45, 2.75) is 25.4 Å². The van der Waals surface area contributed by atoms with Crippen LogP contribution < -0.4 is 16.8 Å². The zero-order valence-electron chi connectivity index (χ0n) is 18.0. The summed E-state index contributed by atoms with van der Waals surface area (Å²) in [5, 5.41) is 15.6. The first-order valence-corrected chi connectivity index (χ1v) is 11.3. The Hall–Kier alpha value is -3.75. The van der Waals surface area contributed by atoms with Gasteiger partial charge in [-0.05, 0) is 53.3 Å². The standard InChI is InChI=1S/C25H24N4O3S/c1-2-17-13-19(22(33-17)24(27)31)20(14-6-4-3-5-7-14)21(30)25(32)29-16-8-9-18-15(12-16)10-11-28-23(18)26/h3-13,20-21,30H,2H2,1H3,(H2,26,28)(H2,27,31)(H,29,32). The van der Waals surface area contributed by atoms with Gasteiger partial charge < -0.3 is 21.9 Å². The number of aliphatic hydroxyl groups is 1. The zero-order chi connectivity index (χ0) is 23.5. The molecule has 0 bridgehead atoms. The lowest BCUT2D eigenvalue weighted by atomic mass is 9.86. The second kappa shape index (κ2) is 9.40. The number of nitrogen functional groups attached to an aromatic ring is 1. The number of carbonyl (C=O) groups is 2. The number of pyridine rings is 1. The number of amides is 2. The molecule has 0 aliphatic rings. The van der Waals surface area contributed by atoms with Gasteiger partial charge in [0.15, 0.2) is 0 Å². The van der Waals surface area contributed by atoms with Crippen LogP contribution in [0, 0.1) is 0 Å². The monoisotopic (exact) mass is 460 g/mol. The van der Waals surface area contributed by atoms with Crippen LogP contribution in [0.2, 0.25) is 0 Å². The Morgan fingerprint density at radius 1 is 1.12 bits per heavy atom. The van der Waals surface area contributed by atoms with E-state index < -0.39 is 23.8 Å². The third kappa shape index (κ3) is 4.57. The number of nitrogens with one attached hydrogen (secondary N) is 1. The van der Waals surface area contributed by atoms with Gasteiger partial charge in [0.25, 0.3) is 11.8 Å². The minimum atomic E-state index is -1.46. The molecular formula is C25H24N4O3S. The third-order valence-corrected chi connectivity index (χ3v) is 6.83. The molecule has 2 amide bonds. The molecule has 0 saturated carbocycles. The fraction of sp³-hybridized carbons (Fsp3) is 0.160. The predicted molar refractivity (Wildman–Crippen MR) is 131 cm³/mol. The number of carbonyl (C=O) groups excluding carboxylic acids is 2. The summed E-state index contributed by atoms with van der Waals surface area (Å²) in [6, 6.07) is 18.0. The van der Waals surface area contributed by atoms with Gasteiger partial charge >= 0.3 is 0 Å². The van der Waals surface area contributed by atoms with Crippen LogP contribution in [0.25, 0.3) is 10.8 Å². The van der Waals surface area contributed by atoms with Gasteiger partial charge in [-0.2, -0.15) is 0 Å². The topological polar surface area (TPSA) is 131 Å². The number of anilines is 2. The number of benzene rings is 2. The SMILES string of the molecule is CCc1cc(C(c2ccccc2)C(O)C(=O)Nc2ccc3c(N)nccc3c2)c(C(N)=O)s1. The Morgan fingerprint density at radius 2 is 1.88 bits per heavy atom. The number of aliphatic hydroxyl groups excluding tert-OH is 1. The van der Waals surface area contributed by atoms with Gasteiger partial charge in [0, 0.05) is 28.1 Å². The number of nitrogens with zero attached hydrogens (tertiary/aromatic N) is 1. The average molecular weight is 461 g/mol. The molecule has 0 aliphatic carbocycles. The molecule has 6 N–H and O–H groups in total. The summed E-state index contributed by atoms with van der Waals surface area (Å²) >= 11 is 1.29. The van der Waals surface area contributed by atoms with E-state index in [1.54, 1.807) is 30.5 Å². The Kier molecular flexibility index (Phi) is 6.39. The van der Waals surface area contributed by atoms with Crippen molar-refractivity contribution >= 4 is 45.4 Å². The fourth-order valence-electron chi connectivity index (χ4n) is 3.90. The van der Waals surface area contributed by atoms with Crippen molar-refractivity contribution < 1.29 is 14.7 Å². The predicted octanol–water partition coefficient (Wildman–Crippen LogP) is 3.67. The number of thiophene rings is 1. The van der Waals surface area contributed by atoms with Crippen LogP contribution in [0.5, 0.6) is 0 Å². The number of hydrogen-bond acceptors (Lipinski definition) is 6. The molecule has 0 aliphatic heterocycles. The number of primary amides is 1. The maximum atomic E-state index is 13.2. The third-order valence-electron chi connectivity index (χ3n) is 5.52. The van der Waals surface area contributed by atoms with E-state index in [1.165, 1.54) is 11.3 Å². The molecule has 33 heavy (non-hydrogen) atoms. The summed E-state index contributed by atoms with van der Waals surface area (Å²) in [4.78, 5) is 30.7. The first-order valence-electron chi connectivity index (χ1n) is 10.5. The van der Waals surface area contributed by atoms with Gasteiger partial charge in [-0.15, -0.1) is 11.3 Å². The lowest BCUT2D eigenvalue weighted by Crippen LogP contribution is -2.34. The van der Waals surface area contributed by atoms with Crippen molar-refractivity contribution in [3.63, 3.8) is 0 Å². The van der Waals surface area contributed by atoms with E-state index in [0.717, 1.165) is 15.6 Å². The van der Waals surface area contributed by atoms with Crippen molar-refractivity contribution in [2.75, 3.05) is 11.1 Å². The van der Waals surface area contributed by atoms with E-state index in [-0.39, 0.29) is 0 Å². The van der Waals surface area contributed by atoms with Gasteiger partial charge in [-0.1, -0.05) is 37.3 Å². The summed E-state index contributed by atoms with van der Waals surface area (Å²) in [7, 11) is 0. The van der Waals surface area contributed by atoms with Crippen LogP contribution in [0.4, 0.5) is 11.5 Å². The van der Waals surface area contributed by atoms with E-state index in [9.17, 15) is 14.7 Å². The van der Waals surface area contributed by atoms with Crippen LogP contribution in [-0.4, -0.2) is 28.0 Å². The van der Waals surface area contributed by atoms with E-state index in [4.69, 9.17) is 11.5 Å². The number of fused-ring (bicyclic) bond motifs is 1. The summed E-state index contributed by atoms with van der Waals surface area (Å²) in [5.74, 6) is -1.53. The highest BCUT2D eigenvalue weighted by atomic mass is 32.1. The largest absolute Gasteiger partial charge is 0.383 e. The molecule has 2 heterocycles. The summed E-state index contributed by atoms with van der Waals surface area (Å²) in [6.45, 7) is 1.98. The normalized spacial score (nSPS) is 12.9. The molecule has 4 aromatic rings. The molecule has 7 nitrogen and oxygen atoms in total. The first kappa shape index (κ1) is 22.4. The molecule has 0 radical (unpaired) electrons. The van der Waals surface area contributed by atoms with Crippen molar-refractivity contribution in [3.8, 4) is 0 Å². The second-order valence-electron chi connectivity index (χ2n) is 7.67. The van der Waals surface area contributed by atoms with E-state index >= 15 is 0 Å². The molecule has 2 unspecified atom stereocenters.